The number of rotatable bonds is 4. The molecule has 0 fully saturated rings. The van der Waals surface area contributed by atoms with E-state index in [-0.39, 0.29) is 12.7 Å². The molecule has 4 heterocycles. The molecule has 4 aromatic rings. The summed E-state index contributed by atoms with van der Waals surface area (Å²) < 4.78 is 12.8. The first kappa shape index (κ1) is 19.6. The Balaban J connectivity index is 1.47. The molecule has 9 heteroatoms. The van der Waals surface area contributed by atoms with Gasteiger partial charge in [-0.15, -0.1) is 16.4 Å². The second kappa shape index (κ2) is 7.79. The Morgan fingerprint density at radius 3 is 2.79 bits per heavy atom. The van der Waals surface area contributed by atoms with Crippen molar-refractivity contribution >= 4 is 28.9 Å². The molecule has 0 saturated carbocycles. The lowest BCUT2D eigenvalue weighted by molar-refractivity contribution is -0.113. The van der Waals surface area contributed by atoms with Gasteiger partial charge in [0.1, 0.15) is 6.04 Å². The van der Waals surface area contributed by atoms with Crippen molar-refractivity contribution in [2.45, 2.75) is 13.0 Å². The summed E-state index contributed by atoms with van der Waals surface area (Å²) in [7, 11) is 0. The number of amides is 1. The Kier molecular flexibility index (Phi) is 4.62. The number of ether oxygens (including phenoxy) is 2. The number of hydrogen-bond donors (Lipinski definition) is 2. The minimum atomic E-state index is -0.499. The maximum absolute atomic E-state index is 13.5. The monoisotopic (exact) mass is 457 g/mol. The lowest BCUT2D eigenvalue weighted by Crippen LogP contribution is -2.31. The molecule has 8 nitrogen and oxygen atoms in total. The van der Waals surface area contributed by atoms with Gasteiger partial charge in [0.15, 0.2) is 17.3 Å². The number of nitrogens with zero attached hydrogens (tertiary/aromatic N) is 3. The average molecular weight is 458 g/mol. The second-order valence-electron chi connectivity index (χ2n) is 7.68. The first-order valence-corrected chi connectivity index (χ1v) is 11.3. The molecule has 0 saturated heterocycles. The van der Waals surface area contributed by atoms with Crippen molar-refractivity contribution in [1.82, 2.24) is 14.8 Å². The van der Waals surface area contributed by atoms with Crippen LogP contribution in [0.25, 0.3) is 10.7 Å². The van der Waals surface area contributed by atoms with E-state index < -0.39 is 6.04 Å². The molecule has 1 unspecified atom stereocenters. The van der Waals surface area contributed by atoms with E-state index in [0.29, 0.717) is 34.5 Å². The summed E-state index contributed by atoms with van der Waals surface area (Å²) in [6.45, 7) is 2.06. The lowest BCUT2D eigenvalue weighted by Gasteiger charge is -2.28. The molecule has 2 aliphatic heterocycles. The number of hydrogen-bond acceptors (Lipinski definition) is 7. The third-order valence-electron chi connectivity index (χ3n) is 5.58. The van der Waals surface area contributed by atoms with E-state index in [2.05, 4.69) is 10.6 Å². The molecule has 0 spiro atoms. The maximum atomic E-state index is 13.5. The molecule has 1 atom stereocenters. The molecule has 1 amide bonds. The van der Waals surface area contributed by atoms with Gasteiger partial charge >= 0.3 is 0 Å². The number of carbonyl (C=O) groups excluding carboxylic acids is 1. The quantitative estimate of drug-likeness (QED) is 0.463. The summed E-state index contributed by atoms with van der Waals surface area (Å²) in [5, 5.41) is 13.0. The van der Waals surface area contributed by atoms with Crippen LogP contribution in [0.2, 0.25) is 0 Å². The number of carbonyl (C=O) groups is 1. The minimum absolute atomic E-state index is 0.179. The standard InChI is InChI=1S/C24H19N5O3S/c1-14-20(23(30)26-16-6-3-2-4-7-16)21(15-9-10-17-18(12-15)32-13-31-17)29-24(25-14)27-22(28-29)19-8-5-11-33-19/h2-12,21H,13H2,1H3,(H,26,30)(H,25,27,28). The van der Waals surface area contributed by atoms with E-state index in [4.69, 9.17) is 19.6 Å². The van der Waals surface area contributed by atoms with Gasteiger partial charge in [-0.05, 0) is 48.2 Å². The number of thiophene rings is 1. The van der Waals surface area contributed by atoms with Crippen molar-refractivity contribution in [3.63, 3.8) is 0 Å². The Morgan fingerprint density at radius 2 is 1.97 bits per heavy atom. The van der Waals surface area contributed by atoms with Gasteiger partial charge in [-0.2, -0.15) is 4.98 Å². The molecular weight excluding hydrogens is 438 g/mol. The van der Waals surface area contributed by atoms with Crippen LogP contribution in [0.4, 0.5) is 11.6 Å². The number of fused-ring (bicyclic) bond motifs is 2. The van der Waals surface area contributed by atoms with E-state index in [1.807, 2.05) is 73.0 Å². The predicted octanol–water partition coefficient (Wildman–Crippen LogP) is 4.66. The summed E-state index contributed by atoms with van der Waals surface area (Å²) in [6.07, 6.45) is 0. The van der Waals surface area contributed by atoms with Crippen molar-refractivity contribution in [2.24, 2.45) is 0 Å². The van der Waals surface area contributed by atoms with E-state index >= 15 is 0 Å². The van der Waals surface area contributed by atoms with Gasteiger partial charge in [0.05, 0.1) is 10.5 Å². The van der Waals surface area contributed by atoms with Crippen LogP contribution in [0.3, 0.4) is 0 Å². The number of para-hydroxylation sites is 1. The zero-order valence-electron chi connectivity index (χ0n) is 17.6. The molecule has 0 aliphatic carbocycles. The van der Waals surface area contributed by atoms with Gasteiger partial charge in [0, 0.05) is 11.4 Å². The van der Waals surface area contributed by atoms with Crippen LogP contribution < -0.4 is 20.1 Å². The topological polar surface area (TPSA) is 90.3 Å². The van der Waals surface area contributed by atoms with Crippen LogP contribution in [0.5, 0.6) is 11.5 Å². The Hall–Kier alpha value is -4.11. The van der Waals surface area contributed by atoms with Crippen molar-refractivity contribution in [3.8, 4) is 22.2 Å². The highest BCUT2D eigenvalue weighted by atomic mass is 32.1. The predicted molar refractivity (Wildman–Crippen MR) is 125 cm³/mol. The molecule has 6 rings (SSSR count). The maximum Gasteiger partial charge on any atom is 0.255 e. The summed E-state index contributed by atoms with van der Waals surface area (Å²) in [5.41, 5.74) is 2.83. The fourth-order valence-electron chi connectivity index (χ4n) is 4.07. The van der Waals surface area contributed by atoms with Gasteiger partial charge in [-0.1, -0.05) is 30.3 Å². The van der Waals surface area contributed by atoms with Crippen LogP contribution in [0.1, 0.15) is 18.5 Å². The largest absolute Gasteiger partial charge is 0.454 e. The Morgan fingerprint density at radius 1 is 1.12 bits per heavy atom. The van der Waals surface area contributed by atoms with Crippen molar-refractivity contribution < 1.29 is 14.3 Å². The average Bonchev–Trinajstić information content (AvgIpc) is 3.58. The lowest BCUT2D eigenvalue weighted by atomic mass is 9.94. The van der Waals surface area contributed by atoms with E-state index in [0.717, 1.165) is 16.1 Å². The SMILES string of the molecule is CC1=C(C(=O)Nc2ccccc2)C(c2ccc3c(c2)OCO3)n2nc(-c3cccs3)nc2N1. The molecule has 33 heavy (non-hydrogen) atoms. The zero-order valence-corrected chi connectivity index (χ0v) is 18.4. The number of anilines is 2. The molecule has 2 aromatic heterocycles. The molecular formula is C24H19N5O3S. The van der Waals surface area contributed by atoms with E-state index in [9.17, 15) is 4.79 Å². The van der Waals surface area contributed by atoms with E-state index in [1.54, 1.807) is 16.0 Å². The summed E-state index contributed by atoms with van der Waals surface area (Å²) >= 11 is 1.57. The highest BCUT2D eigenvalue weighted by Gasteiger charge is 2.35. The first-order chi connectivity index (χ1) is 16.2. The molecule has 0 radical (unpaired) electrons. The summed E-state index contributed by atoms with van der Waals surface area (Å²) in [6, 6.07) is 18.5. The fraction of sp³-hybridized carbons (Fsp3) is 0.125. The Labute approximate surface area is 193 Å². The number of allylic oxidation sites excluding steroid dienone is 1. The zero-order chi connectivity index (χ0) is 22.4. The number of nitrogens with one attached hydrogen (secondary N) is 2. The molecule has 2 aromatic carbocycles. The number of benzene rings is 2. The van der Waals surface area contributed by atoms with Gasteiger partial charge < -0.3 is 20.1 Å². The van der Waals surface area contributed by atoms with Crippen LogP contribution in [0.15, 0.2) is 77.3 Å². The van der Waals surface area contributed by atoms with Crippen molar-refractivity contribution in [2.75, 3.05) is 17.4 Å². The van der Waals surface area contributed by atoms with Gasteiger partial charge in [-0.25, -0.2) is 4.68 Å². The summed E-state index contributed by atoms with van der Waals surface area (Å²) in [4.78, 5) is 19.2. The molecule has 164 valence electrons. The van der Waals surface area contributed by atoms with Gasteiger partial charge in [0.25, 0.3) is 5.91 Å². The minimum Gasteiger partial charge on any atom is -0.454 e. The fourth-order valence-corrected chi connectivity index (χ4v) is 4.72. The molecule has 2 aliphatic rings. The highest BCUT2D eigenvalue weighted by molar-refractivity contribution is 7.13. The third-order valence-corrected chi connectivity index (χ3v) is 6.45. The smallest absolute Gasteiger partial charge is 0.255 e. The molecule has 2 N–H and O–H groups in total. The van der Waals surface area contributed by atoms with Crippen LogP contribution >= 0.6 is 11.3 Å². The third kappa shape index (κ3) is 3.42. The van der Waals surface area contributed by atoms with Gasteiger partial charge in [0.2, 0.25) is 12.7 Å². The van der Waals surface area contributed by atoms with Crippen molar-refractivity contribution in [3.05, 3.63) is 82.9 Å². The van der Waals surface area contributed by atoms with Crippen molar-refractivity contribution in [1.29, 1.82) is 0 Å². The number of aromatic nitrogens is 3. The normalized spacial score (nSPS) is 16.3. The van der Waals surface area contributed by atoms with Crippen LogP contribution in [-0.2, 0) is 4.79 Å². The molecule has 0 bridgehead atoms. The van der Waals surface area contributed by atoms with Crippen LogP contribution in [0, 0.1) is 0 Å². The second-order valence-corrected chi connectivity index (χ2v) is 8.63. The van der Waals surface area contributed by atoms with Gasteiger partial charge in [-0.3, -0.25) is 4.79 Å². The summed E-state index contributed by atoms with van der Waals surface area (Å²) in [5.74, 6) is 2.30. The van der Waals surface area contributed by atoms with E-state index in [1.165, 1.54) is 0 Å². The Bertz CT molecular complexity index is 1380. The highest BCUT2D eigenvalue weighted by Crippen LogP contribution is 2.41. The first-order valence-electron chi connectivity index (χ1n) is 10.4. The van der Waals surface area contributed by atoms with Crippen LogP contribution in [-0.4, -0.2) is 27.5 Å².